The van der Waals surface area contributed by atoms with Gasteiger partial charge in [-0.2, -0.15) is 0 Å². The first-order chi connectivity index (χ1) is 12.6. The normalized spacial score (nSPS) is 9.54. The van der Waals surface area contributed by atoms with E-state index < -0.39 is 11.9 Å². The first-order valence-electron chi connectivity index (χ1n) is 7.85. The number of carboxylic acid groups (broad SMARTS) is 1. The zero-order chi connectivity index (χ0) is 18.8. The highest BCUT2D eigenvalue weighted by Crippen LogP contribution is 2.17. The third-order valence-electron chi connectivity index (χ3n) is 3.36. The molecule has 0 aliphatic carbocycles. The number of aromatic hydroxyl groups is 1. The molecule has 5 nitrogen and oxygen atoms in total. The lowest BCUT2D eigenvalue weighted by Gasteiger charge is -2.05. The third kappa shape index (κ3) is 5.79. The summed E-state index contributed by atoms with van der Waals surface area (Å²) in [5.41, 5.74) is 1.43. The number of rotatable bonds is 4. The van der Waals surface area contributed by atoms with Crippen LogP contribution in [0, 0.1) is 0 Å². The van der Waals surface area contributed by atoms with Crippen LogP contribution in [0.1, 0.15) is 26.3 Å². The van der Waals surface area contributed by atoms with Crippen molar-refractivity contribution in [3.05, 3.63) is 102 Å². The summed E-state index contributed by atoms with van der Waals surface area (Å²) in [6, 6.07) is 24.0. The maximum Gasteiger partial charge on any atom is 0.342 e. The van der Waals surface area contributed by atoms with E-state index >= 15 is 0 Å². The number of ether oxygens (including phenoxy) is 1. The number of phenolic OH excluding ortho intramolecular Hbond substituents is 1. The van der Waals surface area contributed by atoms with E-state index in [1.807, 2.05) is 30.3 Å². The molecule has 0 radical (unpaired) electrons. The van der Waals surface area contributed by atoms with E-state index in [1.165, 1.54) is 12.1 Å². The van der Waals surface area contributed by atoms with Crippen molar-refractivity contribution >= 4 is 11.9 Å². The van der Waals surface area contributed by atoms with E-state index in [0.717, 1.165) is 5.56 Å². The highest BCUT2D eigenvalue weighted by Gasteiger charge is 2.11. The molecule has 0 saturated heterocycles. The Hall–Kier alpha value is -3.60. The number of esters is 1. The number of benzene rings is 3. The maximum absolute atomic E-state index is 11.7. The molecular weight excluding hydrogens is 332 g/mol. The fourth-order valence-electron chi connectivity index (χ4n) is 2.03. The van der Waals surface area contributed by atoms with Crippen LogP contribution < -0.4 is 0 Å². The first kappa shape index (κ1) is 18.7. The number of carboxylic acids is 1. The molecule has 0 spiro atoms. The van der Waals surface area contributed by atoms with Crippen molar-refractivity contribution < 1.29 is 24.5 Å². The van der Waals surface area contributed by atoms with E-state index in [-0.39, 0.29) is 17.9 Å². The van der Waals surface area contributed by atoms with Gasteiger partial charge in [-0.25, -0.2) is 9.59 Å². The van der Waals surface area contributed by atoms with Crippen LogP contribution in [0.2, 0.25) is 0 Å². The Labute approximate surface area is 151 Å². The SMILES string of the molecule is O=C(O)c1ccccc1.O=C(OCc1ccccc1)c1ccccc1O. The van der Waals surface area contributed by atoms with Crippen molar-refractivity contribution in [1.82, 2.24) is 0 Å². The lowest BCUT2D eigenvalue weighted by atomic mass is 10.2. The van der Waals surface area contributed by atoms with E-state index in [4.69, 9.17) is 9.84 Å². The molecule has 3 rings (SSSR count). The molecule has 0 heterocycles. The van der Waals surface area contributed by atoms with E-state index in [2.05, 4.69) is 0 Å². The lowest BCUT2D eigenvalue weighted by Crippen LogP contribution is -2.05. The first-order valence-corrected chi connectivity index (χ1v) is 7.85. The van der Waals surface area contributed by atoms with Crippen LogP contribution >= 0.6 is 0 Å². The Bertz CT molecular complexity index is 845. The molecule has 3 aromatic carbocycles. The standard InChI is InChI=1S/C14H12O3.C7H6O2/c15-13-9-5-4-8-12(13)14(16)17-10-11-6-2-1-3-7-11;8-7(9)6-4-2-1-3-5-6/h1-9,15H,10H2;1-5H,(H,8,9). The molecule has 0 aromatic heterocycles. The zero-order valence-corrected chi connectivity index (χ0v) is 13.9. The molecule has 0 saturated carbocycles. The average molecular weight is 350 g/mol. The van der Waals surface area contributed by atoms with Crippen molar-refractivity contribution in [3.8, 4) is 5.75 Å². The van der Waals surface area contributed by atoms with Gasteiger partial charge in [-0.15, -0.1) is 0 Å². The molecule has 3 aromatic rings. The predicted molar refractivity (Wildman–Crippen MR) is 97.1 cm³/mol. The highest BCUT2D eigenvalue weighted by atomic mass is 16.5. The minimum absolute atomic E-state index is 0.0643. The highest BCUT2D eigenvalue weighted by molar-refractivity contribution is 5.92. The van der Waals surface area contributed by atoms with Crippen molar-refractivity contribution in [2.75, 3.05) is 0 Å². The molecule has 0 aliphatic rings. The Morgan fingerprint density at radius 2 is 1.31 bits per heavy atom. The maximum atomic E-state index is 11.7. The molecule has 26 heavy (non-hydrogen) atoms. The largest absolute Gasteiger partial charge is 0.507 e. The molecule has 0 atom stereocenters. The molecule has 0 aliphatic heterocycles. The Morgan fingerprint density at radius 1 is 0.769 bits per heavy atom. The number of phenols is 1. The Kier molecular flexibility index (Phi) is 6.94. The van der Waals surface area contributed by atoms with Gasteiger partial charge in [0.05, 0.1) is 5.56 Å². The summed E-state index contributed by atoms with van der Waals surface area (Å²) < 4.78 is 5.10. The fourth-order valence-corrected chi connectivity index (χ4v) is 2.03. The smallest absolute Gasteiger partial charge is 0.342 e. The summed E-state index contributed by atoms with van der Waals surface area (Å²) in [6.07, 6.45) is 0. The molecule has 0 unspecified atom stereocenters. The molecular formula is C21H18O5. The second-order valence-corrected chi connectivity index (χ2v) is 5.25. The molecule has 0 amide bonds. The number of carbonyl (C=O) groups excluding carboxylic acids is 1. The van der Waals surface area contributed by atoms with Crippen LogP contribution in [-0.2, 0) is 11.3 Å². The summed E-state index contributed by atoms with van der Waals surface area (Å²) in [6.45, 7) is 0.202. The minimum atomic E-state index is -0.879. The summed E-state index contributed by atoms with van der Waals surface area (Å²) in [7, 11) is 0. The van der Waals surface area contributed by atoms with Crippen LogP contribution in [0.3, 0.4) is 0 Å². The van der Waals surface area contributed by atoms with E-state index in [0.29, 0.717) is 5.56 Å². The van der Waals surface area contributed by atoms with Gasteiger partial charge >= 0.3 is 11.9 Å². The third-order valence-corrected chi connectivity index (χ3v) is 3.36. The number of hydrogen-bond donors (Lipinski definition) is 2. The lowest BCUT2D eigenvalue weighted by molar-refractivity contribution is 0.0469. The van der Waals surface area contributed by atoms with Crippen LogP contribution in [0.25, 0.3) is 0 Å². The van der Waals surface area contributed by atoms with Gasteiger partial charge in [0.25, 0.3) is 0 Å². The second-order valence-electron chi connectivity index (χ2n) is 5.25. The quantitative estimate of drug-likeness (QED) is 0.691. The van der Waals surface area contributed by atoms with E-state index in [1.54, 1.807) is 42.5 Å². The van der Waals surface area contributed by atoms with Crippen LogP contribution in [-0.4, -0.2) is 22.2 Å². The fraction of sp³-hybridized carbons (Fsp3) is 0.0476. The summed E-state index contributed by atoms with van der Waals surface area (Å²) >= 11 is 0. The van der Waals surface area contributed by atoms with Crippen molar-refractivity contribution in [2.24, 2.45) is 0 Å². The number of hydrogen-bond acceptors (Lipinski definition) is 4. The van der Waals surface area contributed by atoms with Gasteiger partial charge in [0, 0.05) is 0 Å². The zero-order valence-electron chi connectivity index (χ0n) is 13.9. The van der Waals surface area contributed by atoms with Gasteiger partial charge < -0.3 is 14.9 Å². The predicted octanol–water partition coefficient (Wildman–Crippen LogP) is 4.13. The molecule has 2 N–H and O–H groups in total. The topological polar surface area (TPSA) is 83.8 Å². The monoisotopic (exact) mass is 350 g/mol. The van der Waals surface area contributed by atoms with Gasteiger partial charge in [0.1, 0.15) is 17.9 Å². The minimum Gasteiger partial charge on any atom is -0.507 e. The number of carbonyl (C=O) groups is 2. The van der Waals surface area contributed by atoms with Crippen molar-refractivity contribution in [1.29, 1.82) is 0 Å². The molecule has 5 heteroatoms. The van der Waals surface area contributed by atoms with E-state index in [9.17, 15) is 14.7 Å². The van der Waals surface area contributed by atoms with Gasteiger partial charge in [-0.05, 0) is 29.8 Å². The van der Waals surface area contributed by atoms with Gasteiger partial charge in [0.2, 0.25) is 0 Å². The van der Waals surface area contributed by atoms with Crippen molar-refractivity contribution in [3.63, 3.8) is 0 Å². The van der Waals surface area contributed by atoms with Crippen LogP contribution in [0.4, 0.5) is 0 Å². The van der Waals surface area contributed by atoms with Gasteiger partial charge in [-0.3, -0.25) is 0 Å². The Balaban J connectivity index is 0.000000228. The summed E-state index contributed by atoms with van der Waals surface area (Å²) in [5, 5.41) is 17.9. The van der Waals surface area contributed by atoms with Gasteiger partial charge in [0.15, 0.2) is 0 Å². The summed E-state index contributed by atoms with van der Waals surface area (Å²) in [4.78, 5) is 21.9. The number of para-hydroxylation sites is 1. The number of aromatic carboxylic acids is 1. The van der Waals surface area contributed by atoms with Gasteiger partial charge in [-0.1, -0.05) is 60.7 Å². The summed E-state index contributed by atoms with van der Waals surface area (Å²) in [5.74, 6) is -1.46. The van der Waals surface area contributed by atoms with Crippen LogP contribution in [0.5, 0.6) is 5.75 Å². The molecule has 0 bridgehead atoms. The van der Waals surface area contributed by atoms with Crippen molar-refractivity contribution in [2.45, 2.75) is 6.61 Å². The molecule has 132 valence electrons. The van der Waals surface area contributed by atoms with Crippen LogP contribution in [0.15, 0.2) is 84.9 Å². The average Bonchev–Trinajstić information content (AvgIpc) is 2.68. The second kappa shape index (κ2) is 9.64. The molecule has 0 fully saturated rings. The Morgan fingerprint density at radius 3 is 1.85 bits per heavy atom.